The zero-order valence-corrected chi connectivity index (χ0v) is 16.7. The van der Waals surface area contributed by atoms with Crippen LogP contribution in [0.3, 0.4) is 0 Å². The van der Waals surface area contributed by atoms with Gasteiger partial charge in [-0.2, -0.15) is 13.2 Å². The first-order valence-electron chi connectivity index (χ1n) is 9.57. The van der Waals surface area contributed by atoms with Crippen molar-refractivity contribution in [1.29, 1.82) is 0 Å². The minimum Gasteiger partial charge on any atom is -0.403 e. The molecule has 1 atom stereocenters. The van der Waals surface area contributed by atoms with Crippen molar-refractivity contribution in [3.8, 4) is 0 Å². The topological polar surface area (TPSA) is 18.5 Å². The summed E-state index contributed by atoms with van der Waals surface area (Å²) < 4.78 is 50.9. The summed E-state index contributed by atoms with van der Waals surface area (Å²) in [4.78, 5) is 0. The maximum atomic E-state index is 12.9. The van der Waals surface area contributed by atoms with Gasteiger partial charge in [0, 0.05) is 5.92 Å². The molecule has 0 bridgehead atoms. The van der Waals surface area contributed by atoms with E-state index in [1.807, 2.05) is 58.0 Å². The van der Waals surface area contributed by atoms with E-state index in [0.29, 0.717) is 12.7 Å². The van der Waals surface area contributed by atoms with Crippen LogP contribution in [-0.4, -0.2) is 18.3 Å². The van der Waals surface area contributed by atoms with Gasteiger partial charge in [-0.1, -0.05) is 42.5 Å². The average Bonchev–Trinajstić information content (AvgIpc) is 2.82. The molecule has 3 rings (SSSR count). The fraction of sp³-hybridized carbons (Fsp3) is 0.455. The highest BCUT2D eigenvalue weighted by Gasteiger charge is 2.50. The highest BCUT2D eigenvalue weighted by Crippen LogP contribution is 2.40. The lowest BCUT2D eigenvalue weighted by Crippen LogP contribution is -2.41. The molecule has 2 aromatic rings. The monoisotopic (exact) mass is 390 g/mol. The van der Waals surface area contributed by atoms with Crippen LogP contribution in [0, 0.1) is 0 Å². The smallest absolute Gasteiger partial charge is 0.403 e. The van der Waals surface area contributed by atoms with E-state index in [0.717, 1.165) is 23.3 Å². The molecule has 1 fully saturated rings. The lowest BCUT2D eigenvalue weighted by Gasteiger charge is -2.32. The molecule has 1 saturated heterocycles. The van der Waals surface area contributed by atoms with Gasteiger partial charge in [0.05, 0.1) is 16.8 Å². The van der Waals surface area contributed by atoms with Gasteiger partial charge in [-0.15, -0.1) is 0 Å². The van der Waals surface area contributed by atoms with E-state index in [9.17, 15) is 13.2 Å². The van der Waals surface area contributed by atoms with Crippen molar-refractivity contribution in [3.05, 3.63) is 71.3 Å². The second kappa shape index (κ2) is 7.56. The second-order valence-electron chi connectivity index (χ2n) is 8.35. The molecule has 28 heavy (non-hydrogen) atoms. The highest BCUT2D eigenvalue weighted by molar-refractivity contribution is 6.45. The summed E-state index contributed by atoms with van der Waals surface area (Å²) in [5, 5.41) is 0. The minimum absolute atomic E-state index is 0.0255. The fourth-order valence-electron chi connectivity index (χ4n) is 3.50. The van der Waals surface area contributed by atoms with Crippen molar-refractivity contribution in [1.82, 2.24) is 0 Å². The Labute approximate surface area is 165 Å². The van der Waals surface area contributed by atoms with E-state index in [1.54, 1.807) is 12.1 Å². The Morgan fingerprint density at radius 1 is 0.821 bits per heavy atom. The molecule has 0 aromatic heterocycles. The molecule has 1 unspecified atom stereocenters. The number of benzene rings is 2. The number of alkyl halides is 3. The van der Waals surface area contributed by atoms with Gasteiger partial charge in [-0.3, -0.25) is 0 Å². The molecule has 6 heteroatoms. The SMILES string of the molecule is CC1(C)OB(CCC(c2ccccc2)c2ccc(C(F)(F)F)cc2)OC1(C)C. The fourth-order valence-corrected chi connectivity index (χ4v) is 3.50. The van der Waals surface area contributed by atoms with Crippen molar-refractivity contribution in [2.75, 3.05) is 0 Å². The Morgan fingerprint density at radius 3 is 1.82 bits per heavy atom. The van der Waals surface area contributed by atoms with Crippen molar-refractivity contribution in [2.24, 2.45) is 0 Å². The maximum Gasteiger partial charge on any atom is 0.457 e. The summed E-state index contributed by atoms with van der Waals surface area (Å²) in [5.74, 6) is -0.0255. The van der Waals surface area contributed by atoms with E-state index in [1.165, 1.54) is 0 Å². The largest absolute Gasteiger partial charge is 0.457 e. The van der Waals surface area contributed by atoms with Crippen LogP contribution in [0.5, 0.6) is 0 Å². The molecule has 1 aliphatic heterocycles. The predicted octanol–water partition coefficient (Wildman–Crippen LogP) is 6.32. The van der Waals surface area contributed by atoms with Crippen LogP contribution in [0.15, 0.2) is 54.6 Å². The predicted molar refractivity (Wildman–Crippen MR) is 105 cm³/mol. The van der Waals surface area contributed by atoms with Crippen LogP contribution < -0.4 is 0 Å². The van der Waals surface area contributed by atoms with Crippen LogP contribution in [-0.2, 0) is 15.5 Å². The van der Waals surface area contributed by atoms with Gasteiger partial charge < -0.3 is 9.31 Å². The molecule has 1 aliphatic rings. The van der Waals surface area contributed by atoms with E-state index >= 15 is 0 Å². The zero-order chi connectivity index (χ0) is 20.6. The van der Waals surface area contributed by atoms with E-state index < -0.39 is 22.9 Å². The van der Waals surface area contributed by atoms with Gasteiger partial charge in [0.1, 0.15) is 0 Å². The molecule has 0 amide bonds. The number of rotatable bonds is 5. The van der Waals surface area contributed by atoms with Crippen molar-refractivity contribution < 1.29 is 22.5 Å². The third kappa shape index (κ3) is 4.44. The quantitative estimate of drug-likeness (QED) is 0.557. The molecule has 0 saturated carbocycles. The molecule has 2 aromatic carbocycles. The zero-order valence-electron chi connectivity index (χ0n) is 16.7. The number of hydrogen-bond acceptors (Lipinski definition) is 2. The van der Waals surface area contributed by atoms with E-state index in [4.69, 9.17) is 9.31 Å². The lowest BCUT2D eigenvalue weighted by molar-refractivity contribution is -0.137. The lowest BCUT2D eigenvalue weighted by atomic mass is 9.76. The molecule has 1 heterocycles. The van der Waals surface area contributed by atoms with Gasteiger partial charge >= 0.3 is 13.3 Å². The Balaban J connectivity index is 1.79. The first-order chi connectivity index (χ1) is 13.0. The number of halogens is 3. The van der Waals surface area contributed by atoms with Crippen LogP contribution in [0.1, 0.15) is 56.7 Å². The van der Waals surface area contributed by atoms with Crippen LogP contribution in [0.2, 0.25) is 6.32 Å². The Bertz CT molecular complexity index is 770. The minimum atomic E-state index is -4.33. The van der Waals surface area contributed by atoms with Gasteiger partial charge in [0.2, 0.25) is 0 Å². The molecular weight excluding hydrogens is 364 g/mol. The third-order valence-electron chi connectivity index (χ3n) is 5.84. The second-order valence-corrected chi connectivity index (χ2v) is 8.35. The Kier molecular flexibility index (Phi) is 5.66. The normalized spacial score (nSPS) is 19.6. The maximum absolute atomic E-state index is 12.9. The summed E-state index contributed by atoms with van der Waals surface area (Å²) in [6.45, 7) is 8.05. The van der Waals surface area contributed by atoms with E-state index in [-0.39, 0.29) is 13.0 Å². The Hall–Kier alpha value is -1.79. The molecule has 150 valence electrons. The Morgan fingerprint density at radius 2 is 1.32 bits per heavy atom. The van der Waals surface area contributed by atoms with Gasteiger partial charge in [0.15, 0.2) is 0 Å². The summed E-state index contributed by atoms with van der Waals surface area (Å²) in [6.07, 6.45) is -2.96. The average molecular weight is 390 g/mol. The molecule has 2 nitrogen and oxygen atoms in total. The summed E-state index contributed by atoms with van der Waals surface area (Å²) in [6, 6.07) is 15.3. The van der Waals surface area contributed by atoms with Crippen LogP contribution >= 0.6 is 0 Å². The molecule has 0 aliphatic carbocycles. The van der Waals surface area contributed by atoms with Crippen LogP contribution in [0.25, 0.3) is 0 Å². The van der Waals surface area contributed by atoms with Crippen molar-refractivity contribution in [3.63, 3.8) is 0 Å². The first kappa shape index (κ1) is 20.9. The van der Waals surface area contributed by atoms with Crippen LogP contribution in [0.4, 0.5) is 13.2 Å². The summed E-state index contributed by atoms with van der Waals surface area (Å²) in [5.41, 5.74) is 0.506. The highest BCUT2D eigenvalue weighted by atomic mass is 19.4. The van der Waals surface area contributed by atoms with Gasteiger partial charge in [0.25, 0.3) is 0 Å². The first-order valence-corrected chi connectivity index (χ1v) is 9.57. The van der Waals surface area contributed by atoms with E-state index in [2.05, 4.69) is 0 Å². The van der Waals surface area contributed by atoms with Crippen molar-refractivity contribution >= 4 is 7.12 Å². The van der Waals surface area contributed by atoms with Gasteiger partial charge in [-0.05, 0) is 63.7 Å². The molecular formula is C22H26BF3O2. The van der Waals surface area contributed by atoms with Crippen molar-refractivity contribution in [2.45, 2.75) is 63.7 Å². The summed E-state index contributed by atoms with van der Waals surface area (Å²) in [7, 11) is -0.328. The molecule has 0 radical (unpaired) electrons. The molecule has 0 N–H and O–H groups in total. The third-order valence-corrected chi connectivity index (χ3v) is 5.84. The van der Waals surface area contributed by atoms with Gasteiger partial charge in [-0.25, -0.2) is 0 Å². The standard InChI is InChI=1S/C22H26BF3O2/c1-20(2)21(3,4)28-23(27-20)15-14-19(16-8-6-5-7-9-16)17-10-12-18(13-11-17)22(24,25)26/h5-13,19H,14-15H2,1-4H3. The molecule has 0 spiro atoms. The number of hydrogen-bond donors (Lipinski definition) is 0. The summed E-state index contributed by atoms with van der Waals surface area (Å²) >= 11 is 0.